The maximum atomic E-state index is 11.8. The average molecular weight is 275 g/mol. The van der Waals surface area contributed by atoms with Crippen LogP contribution in [0.25, 0.3) is 0 Å². The van der Waals surface area contributed by atoms with Gasteiger partial charge in [0.05, 0.1) is 0 Å². The molecule has 1 aliphatic rings. The van der Waals surface area contributed by atoms with Crippen molar-refractivity contribution in [3.05, 3.63) is 23.8 Å². The Morgan fingerprint density at radius 3 is 2.55 bits per heavy atom. The summed E-state index contributed by atoms with van der Waals surface area (Å²) in [5, 5.41) is 5.64. The zero-order chi connectivity index (χ0) is 14.9. The molecule has 0 radical (unpaired) electrons. The van der Waals surface area contributed by atoms with E-state index in [-0.39, 0.29) is 17.5 Å². The number of nitrogens with one attached hydrogen (secondary N) is 2. The van der Waals surface area contributed by atoms with Gasteiger partial charge in [0.2, 0.25) is 5.91 Å². The molecule has 5 nitrogen and oxygen atoms in total. The van der Waals surface area contributed by atoms with E-state index < -0.39 is 0 Å². The van der Waals surface area contributed by atoms with Crippen LogP contribution in [-0.2, 0) is 11.2 Å². The van der Waals surface area contributed by atoms with E-state index in [1.807, 2.05) is 39.0 Å². The molecule has 2 rings (SSSR count). The van der Waals surface area contributed by atoms with Gasteiger partial charge in [-0.15, -0.1) is 0 Å². The minimum atomic E-state index is -0.285. The number of hydrogen-bond acceptors (Lipinski definition) is 2. The molecule has 108 valence electrons. The van der Waals surface area contributed by atoms with Crippen LogP contribution in [0.15, 0.2) is 18.2 Å². The number of carbonyl (C=O) groups excluding carboxylic acids is 2. The molecule has 5 heteroatoms. The standard InChI is InChI=1S/C15H21N3O2/c1-10(19)18-8-7-11-5-6-12(9-13(11)18)16-14(20)17-15(2,3)4/h5-6,9H,7-8H2,1-4H3,(H2,16,17,20). The Bertz CT molecular complexity index is 547. The van der Waals surface area contributed by atoms with E-state index in [4.69, 9.17) is 0 Å². The molecule has 1 aromatic carbocycles. The summed E-state index contributed by atoms with van der Waals surface area (Å²) in [5.74, 6) is 0.0278. The van der Waals surface area contributed by atoms with Gasteiger partial charge in [-0.3, -0.25) is 4.79 Å². The molecule has 0 aromatic heterocycles. The van der Waals surface area contributed by atoms with Crippen LogP contribution in [0.1, 0.15) is 33.3 Å². The van der Waals surface area contributed by atoms with Gasteiger partial charge in [-0.05, 0) is 44.9 Å². The highest BCUT2D eigenvalue weighted by Crippen LogP contribution is 2.30. The van der Waals surface area contributed by atoms with Gasteiger partial charge in [0.1, 0.15) is 0 Å². The second-order valence-electron chi connectivity index (χ2n) is 6.09. The van der Waals surface area contributed by atoms with Crippen molar-refractivity contribution in [2.75, 3.05) is 16.8 Å². The van der Waals surface area contributed by atoms with Gasteiger partial charge in [0, 0.05) is 30.4 Å². The van der Waals surface area contributed by atoms with Crippen molar-refractivity contribution in [3.8, 4) is 0 Å². The number of urea groups is 1. The molecule has 1 heterocycles. The van der Waals surface area contributed by atoms with E-state index in [1.165, 1.54) is 0 Å². The van der Waals surface area contributed by atoms with Crippen LogP contribution in [0.2, 0.25) is 0 Å². The van der Waals surface area contributed by atoms with Crippen LogP contribution in [0.5, 0.6) is 0 Å². The molecule has 0 spiro atoms. The molecule has 0 bridgehead atoms. The van der Waals surface area contributed by atoms with Gasteiger partial charge in [-0.1, -0.05) is 6.07 Å². The smallest absolute Gasteiger partial charge is 0.319 e. The van der Waals surface area contributed by atoms with Gasteiger partial charge in [-0.2, -0.15) is 0 Å². The predicted octanol–water partition coefficient (Wildman–Crippen LogP) is 2.52. The van der Waals surface area contributed by atoms with Crippen molar-refractivity contribution >= 4 is 23.3 Å². The molecule has 0 unspecified atom stereocenters. The van der Waals surface area contributed by atoms with E-state index in [2.05, 4.69) is 10.6 Å². The second-order valence-corrected chi connectivity index (χ2v) is 6.09. The number of anilines is 2. The molecule has 0 saturated heterocycles. The van der Waals surface area contributed by atoms with E-state index in [0.717, 1.165) is 17.7 Å². The van der Waals surface area contributed by atoms with Crippen LogP contribution in [0, 0.1) is 0 Å². The summed E-state index contributed by atoms with van der Waals surface area (Å²) in [6.45, 7) is 8.04. The molecular weight excluding hydrogens is 254 g/mol. The van der Waals surface area contributed by atoms with Gasteiger partial charge in [0.15, 0.2) is 0 Å². The lowest BCUT2D eigenvalue weighted by molar-refractivity contribution is -0.116. The van der Waals surface area contributed by atoms with Crippen molar-refractivity contribution in [3.63, 3.8) is 0 Å². The Morgan fingerprint density at radius 2 is 1.95 bits per heavy atom. The highest BCUT2D eigenvalue weighted by Gasteiger charge is 2.22. The average Bonchev–Trinajstić information content (AvgIpc) is 2.69. The van der Waals surface area contributed by atoms with Crippen LogP contribution in [-0.4, -0.2) is 24.0 Å². The molecule has 0 saturated carbocycles. The summed E-state index contributed by atoms with van der Waals surface area (Å²) < 4.78 is 0. The molecule has 0 aliphatic carbocycles. The first-order chi connectivity index (χ1) is 9.26. The van der Waals surface area contributed by atoms with Crippen LogP contribution >= 0.6 is 0 Å². The molecule has 0 atom stereocenters. The van der Waals surface area contributed by atoms with Crippen molar-refractivity contribution in [2.24, 2.45) is 0 Å². The fraction of sp³-hybridized carbons (Fsp3) is 0.467. The summed E-state index contributed by atoms with van der Waals surface area (Å²) >= 11 is 0. The maximum Gasteiger partial charge on any atom is 0.319 e. The first-order valence-electron chi connectivity index (χ1n) is 6.76. The van der Waals surface area contributed by atoms with Crippen molar-refractivity contribution < 1.29 is 9.59 Å². The summed E-state index contributed by atoms with van der Waals surface area (Å²) in [6, 6.07) is 5.44. The van der Waals surface area contributed by atoms with Crippen molar-refractivity contribution in [1.29, 1.82) is 0 Å². The van der Waals surface area contributed by atoms with Gasteiger partial charge in [0.25, 0.3) is 0 Å². The van der Waals surface area contributed by atoms with Crippen LogP contribution in [0.3, 0.4) is 0 Å². The monoisotopic (exact) mass is 275 g/mol. The number of fused-ring (bicyclic) bond motifs is 1. The largest absolute Gasteiger partial charge is 0.333 e. The van der Waals surface area contributed by atoms with E-state index in [0.29, 0.717) is 12.2 Å². The fourth-order valence-electron chi connectivity index (χ4n) is 2.29. The Balaban J connectivity index is 2.14. The van der Waals surface area contributed by atoms with E-state index in [9.17, 15) is 9.59 Å². The first kappa shape index (κ1) is 14.4. The minimum Gasteiger partial charge on any atom is -0.333 e. The zero-order valence-corrected chi connectivity index (χ0v) is 12.4. The lowest BCUT2D eigenvalue weighted by Crippen LogP contribution is -2.43. The summed E-state index contributed by atoms with van der Waals surface area (Å²) in [5.41, 5.74) is 2.44. The van der Waals surface area contributed by atoms with Crippen LogP contribution in [0.4, 0.5) is 16.2 Å². The Kier molecular flexibility index (Phi) is 3.70. The number of hydrogen-bond donors (Lipinski definition) is 2. The lowest BCUT2D eigenvalue weighted by Gasteiger charge is -2.21. The molecule has 1 aromatic rings. The maximum absolute atomic E-state index is 11.8. The summed E-state index contributed by atoms with van der Waals surface area (Å²) in [6.07, 6.45) is 0.864. The number of rotatable bonds is 1. The zero-order valence-electron chi connectivity index (χ0n) is 12.4. The summed E-state index contributed by atoms with van der Waals surface area (Å²) in [7, 11) is 0. The van der Waals surface area contributed by atoms with Crippen LogP contribution < -0.4 is 15.5 Å². The lowest BCUT2D eigenvalue weighted by atomic mass is 10.1. The Morgan fingerprint density at radius 1 is 1.25 bits per heavy atom. The SMILES string of the molecule is CC(=O)N1CCc2ccc(NC(=O)NC(C)(C)C)cc21. The Hall–Kier alpha value is -2.04. The molecule has 0 fully saturated rings. The summed E-state index contributed by atoms with van der Waals surface area (Å²) in [4.78, 5) is 25.1. The Labute approximate surface area is 119 Å². The molecule has 3 amide bonds. The second kappa shape index (κ2) is 5.15. The predicted molar refractivity (Wildman–Crippen MR) is 80.1 cm³/mol. The molecule has 1 aliphatic heterocycles. The fourth-order valence-corrected chi connectivity index (χ4v) is 2.29. The highest BCUT2D eigenvalue weighted by molar-refractivity contribution is 5.96. The number of carbonyl (C=O) groups is 2. The third kappa shape index (κ3) is 3.29. The molecule has 2 N–H and O–H groups in total. The van der Waals surface area contributed by atoms with Gasteiger partial charge >= 0.3 is 6.03 Å². The van der Waals surface area contributed by atoms with Crippen molar-refractivity contribution in [1.82, 2.24) is 5.32 Å². The van der Waals surface area contributed by atoms with Gasteiger partial charge < -0.3 is 15.5 Å². The highest BCUT2D eigenvalue weighted by atomic mass is 16.2. The third-order valence-corrected chi connectivity index (χ3v) is 3.11. The minimum absolute atomic E-state index is 0.0278. The number of nitrogens with zero attached hydrogens (tertiary/aromatic N) is 1. The van der Waals surface area contributed by atoms with E-state index >= 15 is 0 Å². The number of benzene rings is 1. The number of amides is 3. The van der Waals surface area contributed by atoms with Gasteiger partial charge in [-0.25, -0.2) is 4.79 Å². The third-order valence-electron chi connectivity index (χ3n) is 3.11. The molecular formula is C15H21N3O2. The topological polar surface area (TPSA) is 61.4 Å². The normalized spacial score (nSPS) is 13.9. The quantitative estimate of drug-likeness (QED) is 0.827. The van der Waals surface area contributed by atoms with E-state index in [1.54, 1.807) is 11.8 Å². The van der Waals surface area contributed by atoms with Crippen molar-refractivity contribution in [2.45, 2.75) is 39.7 Å². The first-order valence-corrected chi connectivity index (χ1v) is 6.76. The molecule has 20 heavy (non-hydrogen) atoms.